The molecular weight excluding hydrogens is 300 g/mol. The van der Waals surface area contributed by atoms with E-state index in [-0.39, 0.29) is 5.91 Å². The quantitative estimate of drug-likeness (QED) is 0.887. The minimum atomic E-state index is -0.465. The van der Waals surface area contributed by atoms with Gasteiger partial charge in [-0.2, -0.15) is 5.26 Å². The van der Waals surface area contributed by atoms with Crippen LogP contribution in [0, 0.1) is 11.3 Å². The number of aryl methyl sites for hydroxylation is 2. The molecule has 3 rings (SSSR count). The molecule has 1 heterocycles. The number of carbonyl (C=O) groups excluding carboxylic acids is 1. The molecule has 1 amide bonds. The first-order valence-corrected chi connectivity index (χ1v) is 8.18. The summed E-state index contributed by atoms with van der Waals surface area (Å²) in [4.78, 5) is 16.8. The lowest BCUT2D eigenvalue weighted by atomic mass is 10.1. The van der Waals surface area contributed by atoms with Gasteiger partial charge in [0, 0.05) is 12.2 Å². The third-order valence-corrected chi connectivity index (χ3v) is 4.23. The summed E-state index contributed by atoms with van der Waals surface area (Å²) in [6, 6.07) is 13.4. The third kappa shape index (κ3) is 3.54. The van der Waals surface area contributed by atoms with Crippen LogP contribution in [0.1, 0.15) is 35.7 Å². The Morgan fingerprint density at radius 3 is 2.88 bits per heavy atom. The Bertz CT molecular complexity index is 780. The molecule has 1 unspecified atom stereocenters. The van der Waals surface area contributed by atoms with E-state index in [1.807, 2.05) is 36.4 Å². The van der Waals surface area contributed by atoms with Gasteiger partial charge in [0.25, 0.3) is 0 Å². The van der Waals surface area contributed by atoms with Crippen molar-refractivity contribution in [3.63, 3.8) is 0 Å². The van der Waals surface area contributed by atoms with E-state index in [0.717, 1.165) is 36.1 Å². The van der Waals surface area contributed by atoms with Crippen molar-refractivity contribution in [2.45, 2.75) is 38.8 Å². The average molecular weight is 320 g/mol. The number of hydrogen-bond donors (Lipinski definition) is 2. The van der Waals surface area contributed by atoms with Crippen molar-refractivity contribution in [2.24, 2.45) is 0 Å². The Hall–Kier alpha value is -2.87. The smallest absolute Gasteiger partial charge is 0.242 e. The highest BCUT2D eigenvalue weighted by Gasteiger charge is 2.19. The van der Waals surface area contributed by atoms with Gasteiger partial charge in [0.15, 0.2) is 0 Å². The van der Waals surface area contributed by atoms with Gasteiger partial charge in [-0.15, -0.1) is 0 Å². The summed E-state index contributed by atoms with van der Waals surface area (Å²) in [6.45, 7) is 2.25. The number of rotatable bonds is 5. The van der Waals surface area contributed by atoms with Crippen molar-refractivity contribution in [2.75, 3.05) is 5.32 Å². The van der Waals surface area contributed by atoms with Crippen molar-refractivity contribution < 1.29 is 4.79 Å². The molecule has 122 valence electrons. The number of nitrogens with zero attached hydrogens (tertiary/aromatic N) is 2. The minimum absolute atomic E-state index is 0.120. The van der Waals surface area contributed by atoms with Crippen LogP contribution < -0.4 is 10.6 Å². The lowest BCUT2D eigenvalue weighted by molar-refractivity contribution is -0.121. The first-order valence-electron chi connectivity index (χ1n) is 8.18. The second-order valence-electron chi connectivity index (χ2n) is 6.03. The molecule has 0 saturated heterocycles. The summed E-state index contributed by atoms with van der Waals surface area (Å²) in [5.41, 5.74) is 3.73. The second kappa shape index (κ2) is 7.14. The van der Waals surface area contributed by atoms with Gasteiger partial charge in [-0.1, -0.05) is 30.3 Å². The predicted molar refractivity (Wildman–Crippen MR) is 92.4 cm³/mol. The maximum absolute atomic E-state index is 12.3. The van der Waals surface area contributed by atoms with Crippen LogP contribution in [-0.2, 0) is 24.2 Å². The number of hydrogen-bond acceptors (Lipinski definition) is 4. The van der Waals surface area contributed by atoms with Gasteiger partial charge < -0.3 is 10.6 Å². The van der Waals surface area contributed by atoms with E-state index in [1.54, 1.807) is 6.92 Å². The Morgan fingerprint density at radius 2 is 2.12 bits per heavy atom. The Morgan fingerprint density at radius 1 is 1.33 bits per heavy atom. The fraction of sp³-hybridized carbons (Fsp3) is 0.316. The van der Waals surface area contributed by atoms with Gasteiger partial charge in [0.05, 0.1) is 5.56 Å². The van der Waals surface area contributed by atoms with E-state index in [9.17, 15) is 10.1 Å². The third-order valence-electron chi connectivity index (χ3n) is 4.23. The fourth-order valence-electron chi connectivity index (χ4n) is 2.88. The van der Waals surface area contributed by atoms with Crippen molar-refractivity contribution in [3.05, 3.63) is 58.8 Å². The molecule has 0 spiro atoms. The molecule has 0 aliphatic heterocycles. The zero-order chi connectivity index (χ0) is 16.9. The number of fused-ring (bicyclic) bond motifs is 1. The Kier molecular flexibility index (Phi) is 4.76. The van der Waals surface area contributed by atoms with E-state index in [2.05, 4.69) is 21.7 Å². The molecule has 1 aliphatic rings. The molecule has 1 aliphatic carbocycles. The summed E-state index contributed by atoms with van der Waals surface area (Å²) < 4.78 is 0. The molecule has 2 N–H and O–H groups in total. The molecule has 0 bridgehead atoms. The van der Waals surface area contributed by atoms with Gasteiger partial charge in [-0.3, -0.25) is 4.79 Å². The SMILES string of the molecule is CC(Nc1nc2c(cc1C#N)CCC2)C(=O)NCc1ccccc1. The lowest BCUT2D eigenvalue weighted by Crippen LogP contribution is -2.37. The van der Waals surface area contributed by atoms with Crippen LogP contribution in [0.2, 0.25) is 0 Å². The molecule has 5 nitrogen and oxygen atoms in total. The van der Waals surface area contributed by atoms with Crippen LogP contribution in [0.5, 0.6) is 0 Å². The van der Waals surface area contributed by atoms with Gasteiger partial charge in [0.1, 0.15) is 17.9 Å². The molecule has 2 aromatic rings. The molecule has 0 fully saturated rings. The number of benzene rings is 1. The van der Waals surface area contributed by atoms with Gasteiger partial charge in [-0.25, -0.2) is 4.98 Å². The standard InChI is InChI=1S/C19H20N4O/c1-13(19(24)21-12-14-6-3-2-4-7-14)22-18-16(11-20)10-15-8-5-9-17(15)23-18/h2-4,6-7,10,13H,5,8-9,12H2,1H3,(H,21,24)(H,22,23). The monoisotopic (exact) mass is 320 g/mol. The van der Waals surface area contributed by atoms with E-state index in [0.29, 0.717) is 17.9 Å². The summed E-state index contributed by atoms with van der Waals surface area (Å²) in [5.74, 6) is 0.380. The molecule has 5 heteroatoms. The van der Waals surface area contributed by atoms with E-state index in [1.165, 1.54) is 0 Å². The summed E-state index contributed by atoms with van der Waals surface area (Å²) in [6.07, 6.45) is 2.98. The lowest BCUT2D eigenvalue weighted by Gasteiger charge is -2.16. The first-order chi connectivity index (χ1) is 11.7. The van der Waals surface area contributed by atoms with E-state index in [4.69, 9.17) is 0 Å². The minimum Gasteiger partial charge on any atom is -0.358 e. The van der Waals surface area contributed by atoms with Gasteiger partial charge in [-0.05, 0) is 43.4 Å². The number of aromatic nitrogens is 1. The molecule has 0 saturated carbocycles. The molecule has 1 aromatic heterocycles. The normalized spacial score (nSPS) is 13.7. The first kappa shape index (κ1) is 16.0. The van der Waals surface area contributed by atoms with Crippen molar-refractivity contribution in [1.82, 2.24) is 10.3 Å². The van der Waals surface area contributed by atoms with E-state index >= 15 is 0 Å². The molecule has 0 radical (unpaired) electrons. The van der Waals surface area contributed by atoms with Crippen molar-refractivity contribution in [1.29, 1.82) is 5.26 Å². The van der Waals surface area contributed by atoms with Crippen LogP contribution in [0.3, 0.4) is 0 Å². The van der Waals surface area contributed by atoms with Crippen LogP contribution in [0.15, 0.2) is 36.4 Å². The molecule has 1 aromatic carbocycles. The fourth-order valence-corrected chi connectivity index (χ4v) is 2.88. The van der Waals surface area contributed by atoms with Crippen molar-refractivity contribution in [3.8, 4) is 6.07 Å². The van der Waals surface area contributed by atoms with Crippen molar-refractivity contribution >= 4 is 11.7 Å². The Labute approximate surface area is 141 Å². The number of anilines is 1. The average Bonchev–Trinajstić information content (AvgIpc) is 3.07. The van der Waals surface area contributed by atoms with Gasteiger partial charge >= 0.3 is 0 Å². The number of nitrogens with one attached hydrogen (secondary N) is 2. The molecule has 1 atom stereocenters. The maximum atomic E-state index is 12.3. The van der Waals surface area contributed by atoms with Crippen LogP contribution in [0.25, 0.3) is 0 Å². The molecule has 24 heavy (non-hydrogen) atoms. The van der Waals surface area contributed by atoms with Crippen LogP contribution >= 0.6 is 0 Å². The second-order valence-corrected chi connectivity index (χ2v) is 6.03. The summed E-state index contributed by atoms with van der Waals surface area (Å²) in [5, 5.41) is 15.3. The summed E-state index contributed by atoms with van der Waals surface area (Å²) in [7, 11) is 0. The summed E-state index contributed by atoms with van der Waals surface area (Å²) >= 11 is 0. The van der Waals surface area contributed by atoms with E-state index < -0.39 is 6.04 Å². The number of pyridine rings is 1. The zero-order valence-electron chi connectivity index (χ0n) is 13.7. The largest absolute Gasteiger partial charge is 0.358 e. The maximum Gasteiger partial charge on any atom is 0.242 e. The number of nitriles is 1. The topological polar surface area (TPSA) is 77.8 Å². The Balaban J connectivity index is 1.65. The van der Waals surface area contributed by atoms with Crippen LogP contribution in [0.4, 0.5) is 5.82 Å². The zero-order valence-corrected chi connectivity index (χ0v) is 13.7. The predicted octanol–water partition coefficient (Wildman–Crippen LogP) is 2.56. The highest BCUT2D eigenvalue weighted by Crippen LogP contribution is 2.25. The highest BCUT2D eigenvalue weighted by molar-refractivity contribution is 5.84. The van der Waals surface area contributed by atoms with Crippen LogP contribution in [-0.4, -0.2) is 16.9 Å². The number of carbonyl (C=O) groups is 1. The highest BCUT2D eigenvalue weighted by atomic mass is 16.2. The number of amides is 1. The molecular formula is C19H20N4O. The van der Waals surface area contributed by atoms with Gasteiger partial charge in [0.2, 0.25) is 5.91 Å².